The van der Waals surface area contributed by atoms with Gasteiger partial charge in [-0.1, -0.05) is 56.3 Å². The van der Waals surface area contributed by atoms with Crippen molar-refractivity contribution in [1.82, 2.24) is 10.2 Å². The SMILES string of the molecule is CCC(C)NC(=O)C(CC)N(Cc1ccccc1C)C(=O)CN(c1ccc(Oc2ccccc2)cc1)S(C)(=O)=O. The van der Waals surface area contributed by atoms with Crippen LogP contribution in [-0.4, -0.2) is 50.0 Å². The summed E-state index contributed by atoms with van der Waals surface area (Å²) >= 11 is 0. The minimum Gasteiger partial charge on any atom is -0.457 e. The normalized spacial score (nSPS) is 12.7. The van der Waals surface area contributed by atoms with E-state index in [0.717, 1.165) is 28.1 Å². The first-order valence-corrected chi connectivity index (χ1v) is 15.3. The number of rotatable bonds is 13. The van der Waals surface area contributed by atoms with Gasteiger partial charge in [-0.2, -0.15) is 0 Å². The molecule has 3 aromatic rings. The van der Waals surface area contributed by atoms with Crippen LogP contribution in [0.3, 0.4) is 0 Å². The number of nitrogens with zero attached hydrogens (tertiary/aromatic N) is 2. The van der Waals surface area contributed by atoms with Crippen LogP contribution in [0.25, 0.3) is 0 Å². The third kappa shape index (κ3) is 8.32. The molecule has 0 bridgehead atoms. The Labute approximate surface area is 238 Å². The zero-order chi connectivity index (χ0) is 29.3. The zero-order valence-electron chi connectivity index (χ0n) is 23.8. The lowest BCUT2D eigenvalue weighted by atomic mass is 10.1. The number of anilines is 1. The molecule has 0 heterocycles. The summed E-state index contributed by atoms with van der Waals surface area (Å²) in [4.78, 5) is 28.6. The predicted molar refractivity (Wildman–Crippen MR) is 159 cm³/mol. The van der Waals surface area contributed by atoms with Crippen molar-refractivity contribution in [2.45, 2.75) is 59.2 Å². The maximum atomic E-state index is 13.9. The van der Waals surface area contributed by atoms with E-state index in [9.17, 15) is 18.0 Å². The molecule has 9 heteroatoms. The van der Waals surface area contributed by atoms with Gasteiger partial charge in [0, 0.05) is 12.6 Å². The van der Waals surface area contributed by atoms with Crippen LogP contribution in [0.1, 0.15) is 44.7 Å². The van der Waals surface area contributed by atoms with Crippen molar-refractivity contribution in [2.24, 2.45) is 0 Å². The third-order valence-corrected chi connectivity index (χ3v) is 7.91. The molecule has 0 aliphatic carbocycles. The smallest absolute Gasteiger partial charge is 0.244 e. The molecule has 0 aliphatic rings. The highest BCUT2D eigenvalue weighted by Crippen LogP contribution is 2.26. The van der Waals surface area contributed by atoms with Crippen LogP contribution in [0, 0.1) is 6.92 Å². The van der Waals surface area contributed by atoms with Crippen molar-refractivity contribution in [3.63, 3.8) is 0 Å². The Balaban J connectivity index is 1.90. The van der Waals surface area contributed by atoms with E-state index in [-0.39, 0.29) is 18.5 Å². The Morgan fingerprint density at radius 2 is 1.48 bits per heavy atom. The molecule has 0 fully saturated rings. The van der Waals surface area contributed by atoms with E-state index >= 15 is 0 Å². The maximum Gasteiger partial charge on any atom is 0.244 e. The van der Waals surface area contributed by atoms with Crippen LogP contribution in [0.5, 0.6) is 11.5 Å². The Hall–Kier alpha value is -3.85. The third-order valence-electron chi connectivity index (χ3n) is 6.77. The topological polar surface area (TPSA) is 96.0 Å². The minimum absolute atomic E-state index is 0.0545. The van der Waals surface area contributed by atoms with E-state index in [2.05, 4.69) is 5.32 Å². The Morgan fingerprint density at radius 3 is 2.05 bits per heavy atom. The first-order valence-electron chi connectivity index (χ1n) is 13.5. The van der Waals surface area contributed by atoms with Gasteiger partial charge >= 0.3 is 0 Å². The highest BCUT2D eigenvalue weighted by atomic mass is 32.2. The standard InChI is InChI=1S/C31H39N3O5S/c1-6-24(4)32-31(36)29(7-2)33(21-25-14-12-11-13-23(25)3)30(35)22-34(40(5,37)38)26-17-19-28(20-18-26)39-27-15-9-8-10-16-27/h8-20,24,29H,6-7,21-22H2,1-5H3,(H,32,36). The maximum absolute atomic E-state index is 13.9. The van der Waals surface area contributed by atoms with Crippen LogP contribution >= 0.6 is 0 Å². The van der Waals surface area contributed by atoms with Crippen molar-refractivity contribution in [3.8, 4) is 11.5 Å². The molecule has 0 aromatic heterocycles. The van der Waals surface area contributed by atoms with E-state index in [1.165, 1.54) is 4.90 Å². The summed E-state index contributed by atoms with van der Waals surface area (Å²) in [7, 11) is -3.83. The highest BCUT2D eigenvalue weighted by molar-refractivity contribution is 7.92. The Morgan fingerprint density at radius 1 is 0.875 bits per heavy atom. The number of ether oxygens (including phenoxy) is 1. The van der Waals surface area contributed by atoms with Gasteiger partial charge < -0.3 is 15.0 Å². The van der Waals surface area contributed by atoms with Gasteiger partial charge in [0.25, 0.3) is 0 Å². The molecule has 0 saturated carbocycles. The van der Waals surface area contributed by atoms with Gasteiger partial charge in [-0.15, -0.1) is 0 Å². The molecule has 2 amide bonds. The second-order valence-corrected chi connectivity index (χ2v) is 11.8. The first kappa shape index (κ1) is 30.7. The van der Waals surface area contributed by atoms with Crippen LogP contribution in [0.2, 0.25) is 0 Å². The van der Waals surface area contributed by atoms with Gasteiger partial charge in [0.15, 0.2) is 0 Å². The van der Waals surface area contributed by atoms with Crippen LogP contribution in [0.4, 0.5) is 5.69 Å². The second kappa shape index (κ2) is 14.0. The van der Waals surface area contributed by atoms with Gasteiger partial charge in [-0.25, -0.2) is 8.42 Å². The summed E-state index contributed by atoms with van der Waals surface area (Å²) in [6.07, 6.45) is 2.19. The summed E-state index contributed by atoms with van der Waals surface area (Å²) in [6, 6.07) is 22.6. The van der Waals surface area contributed by atoms with E-state index in [1.54, 1.807) is 24.3 Å². The lowest BCUT2D eigenvalue weighted by molar-refractivity contribution is -0.140. The molecular weight excluding hydrogens is 526 g/mol. The van der Waals surface area contributed by atoms with Gasteiger partial charge in [-0.3, -0.25) is 13.9 Å². The van der Waals surface area contributed by atoms with Crippen molar-refractivity contribution >= 4 is 27.5 Å². The fourth-order valence-electron chi connectivity index (χ4n) is 4.25. The molecule has 8 nitrogen and oxygen atoms in total. The molecule has 1 N–H and O–H groups in total. The van der Waals surface area contributed by atoms with E-state index in [4.69, 9.17) is 4.74 Å². The average molecular weight is 566 g/mol. The lowest BCUT2D eigenvalue weighted by Crippen LogP contribution is -2.53. The molecule has 2 unspecified atom stereocenters. The monoisotopic (exact) mass is 565 g/mol. The summed E-state index contributed by atoms with van der Waals surface area (Å²) in [5.74, 6) is 0.457. The summed E-state index contributed by atoms with van der Waals surface area (Å²) < 4.78 is 32.6. The number of hydrogen-bond donors (Lipinski definition) is 1. The number of carbonyl (C=O) groups excluding carboxylic acids is 2. The summed E-state index contributed by atoms with van der Waals surface area (Å²) in [5.41, 5.74) is 2.19. The van der Waals surface area contributed by atoms with E-state index < -0.39 is 28.5 Å². The molecule has 0 radical (unpaired) electrons. The van der Waals surface area contributed by atoms with Crippen molar-refractivity contribution < 1.29 is 22.7 Å². The van der Waals surface area contributed by atoms with Crippen LogP contribution < -0.4 is 14.4 Å². The Kier molecular flexibility index (Phi) is 10.7. The van der Waals surface area contributed by atoms with Crippen molar-refractivity contribution in [1.29, 1.82) is 0 Å². The number of amides is 2. The number of carbonyl (C=O) groups is 2. The number of para-hydroxylation sites is 1. The van der Waals surface area contributed by atoms with Crippen LogP contribution in [0.15, 0.2) is 78.9 Å². The van der Waals surface area contributed by atoms with E-state index in [1.807, 2.05) is 82.3 Å². The molecular formula is C31H39N3O5S. The summed E-state index contributed by atoms with van der Waals surface area (Å²) in [5, 5.41) is 2.98. The molecule has 214 valence electrons. The molecule has 2 atom stereocenters. The number of aryl methyl sites for hydroxylation is 1. The number of sulfonamides is 1. The minimum atomic E-state index is -3.83. The highest BCUT2D eigenvalue weighted by Gasteiger charge is 2.32. The van der Waals surface area contributed by atoms with E-state index in [0.29, 0.717) is 23.6 Å². The number of hydrogen-bond acceptors (Lipinski definition) is 5. The lowest BCUT2D eigenvalue weighted by Gasteiger charge is -2.33. The van der Waals surface area contributed by atoms with Gasteiger partial charge in [-0.05, 0) is 74.2 Å². The van der Waals surface area contributed by atoms with Gasteiger partial charge in [0.1, 0.15) is 24.1 Å². The molecule has 0 saturated heterocycles. The quantitative estimate of drug-likeness (QED) is 0.304. The molecule has 0 spiro atoms. The number of benzene rings is 3. The second-order valence-electron chi connectivity index (χ2n) is 9.87. The molecule has 0 aliphatic heterocycles. The average Bonchev–Trinajstić information content (AvgIpc) is 2.93. The van der Waals surface area contributed by atoms with Crippen molar-refractivity contribution in [2.75, 3.05) is 17.1 Å². The fourth-order valence-corrected chi connectivity index (χ4v) is 5.10. The van der Waals surface area contributed by atoms with Gasteiger partial charge in [0.2, 0.25) is 21.8 Å². The fraction of sp³-hybridized carbons (Fsp3) is 0.355. The molecule has 3 aromatic carbocycles. The van der Waals surface area contributed by atoms with Crippen molar-refractivity contribution in [3.05, 3.63) is 90.0 Å². The molecule has 40 heavy (non-hydrogen) atoms. The van der Waals surface area contributed by atoms with Gasteiger partial charge in [0.05, 0.1) is 11.9 Å². The number of nitrogens with one attached hydrogen (secondary N) is 1. The van der Waals surface area contributed by atoms with Crippen LogP contribution in [-0.2, 0) is 26.2 Å². The zero-order valence-corrected chi connectivity index (χ0v) is 24.6. The Bertz CT molecular complexity index is 1380. The largest absolute Gasteiger partial charge is 0.457 e. The molecule has 3 rings (SSSR count). The summed E-state index contributed by atoms with van der Waals surface area (Å²) in [6.45, 7) is 7.41. The predicted octanol–water partition coefficient (Wildman–Crippen LogP) is 5.28. The first-order chi connectivity index (χ1) is 19.0.